The number of terminal acetylenes is 1. The van der Waals surface area contributed by atoms with Crippen molar-refractivity contribution in [2.75, 3.05) is 40.4 Å². The molecule has 0 saturated carbocycles. The summed E-state index contributed by atoms with van der Waals surface area (Å²) >= 11 is 0. The number of hydrogen-bond acceptors (Lipinski definition) is 3. The van der Waals surface area contributed by atoms with Crippen LogP contribution in [-0.4, -0.2) is 51.3 Å². The summed E-state index contributed by atoms with van der Waals surface area (Å²) in [5.74, 6) is 2.54. The molecular formula is C10H20N2O. The third kappa shape index (κ3) is 6.59. The summed E-state index contributed by atoms with van der Waals surface area (Å²) in [7, 11) is 3.81. The Labute approximate surface area is 81.4 Å². The third-order valence-electron chi connectivity index (χ3n) is 2.03. The number of ether oxygens (including phenoxy) is 1. The van der Waals surface area contributed by atoms with E-state index in [1.807, 2.05) is 0 Å². The van der Waals surface area contributed by atoms with Crippen molar-refractivity contribution < 1.29 is 4.74 Å². The van der Waals surface area contributed by atoms with Gasteiger partial charge in [0.15, 0.2) is 0 Å². The van der Waals surface area contributed by atoms with Gasteiger partial charge in [-0.05, 0) is 14.0 Å². The molecule has 0 aromatic heterocycles. The van der Waals surface area contributed by atoms with Gasteiger partial charge in [0.25, 0.3) is 0 Å². The summed E-state index contributed by atoms with van der Waals surface area (Å²) in [5.41, 5.74) is 0. The smallest absolute Gasteiger partial charge is 0.0615 e. The van der Waals surface area contributed by atoms with Crippen molar-refractivity contribution in [3.63, 3.8) is 0 Å². The van der Waals surface area contributed by atoms with Crippen LogP contribution in [0, 0.1) is 12.3 Å². The van der Waals surface area contributed by atoms with E-state index in [-0.39, 0.29) is 0 Å². The molecule has 0 bridgehead atoms. The fourth-order valence-electron chi connectivity index (χ4n) is 1.00. The van der Waals surface area contributed by atoms with E-state index >= 15 is 0 Å². The number of rotatable bonds is 7. The van der Waals surface area contributed by atoms with E-state index in [0.29, 0.717) is 12.6 Å². The SMILES string of the molecule is C#CCNCCN(C)C(C)COC. The quantitative estimate of drug-likeness (QED) is 0.451. The molecule has 0 spiro atoms. The molecule has 0 aliphatic rings. The number of hydrogen-bond donors (Lipinski definition) is 1. The Kier molecular flexibility index (Phi) is 7.71. The summed E-state index contributed by atoms with van der Waals surface area (Å²) in [6, 6.07) is 0.456. The molecule has 1 unspecified atom stereocenters. The summed E-state index contributed by atoms with van der Waals surface area (Å²) in [5, 5.41) is 3.14. The first-order valence-electron chi connectivity index (χ1n) is 4.55. The van der Waals surface area contributed by atoms with Crippen LogP contribution < -0.4 is 5.32 Å². The predicted molar refractivity (Wildman–Crippen MR) is 55.7 cm³/mol. The van der Waals surface area contributed by atoms with Crippen molar-refractivity contribution in [3.05, 3.63) is 0 Å². The standard InChI is InChI=1S/C10H20N2O/c1-5-6-11-7-8-12(3)10(2)9-13-4/h1,10-11H,6-9H2,2-4H3. The van der Waals surface area contributed by atoms with E-state index in [4.69, 9.17) is 11.2 Å². The topological polar surface area (TPSA) is 24.5 Å². The molecule has 1 N–H and O–H groups in total. The molecule has 0 saturated heterocycles. The minimum Gasteiger partial charge on any atom is -0.383 e. The van der Waals surface area contributed by atoms with Crippen molar-refractivity contribution in [1.29, 1.82) is 0 Å². The highest BCUT2D eigenvalue weighted by Gasteiger charge is 2.06. The maximum atomic E-state index is 5.11. The third-order valence-corrected chi connectivity index (χ3v) is 2.03. The molecule has 0 heterocycles. The minimum atomic E-state index is 0.456. The van der Waals surface area contributed by atoms with Gasteiger partial charge in [-0.2, -0.15) is 0 Å². The van der Waals surface area contributed by atoms with Crippen LogP contribution in [0.3, 0.4) is 0 Å². The highest BCUT2D eigenvalue weighted by Crippen LogP contribution is 1.93. The molecule has 0 aromatic carbocycles. The lowest BCUT2D eigenvalue weighted by Gasteiger charge is -2.23. The monoisotopic (exact) mass is 184 g/mol. The van der Waals surface area contributed by atoms with Gasteiger partial charge in [-0.1, -0.05) is 5.92 Å². The Morgan fingerprint density at radius 3 is 2.85 bits per heavy atom. The van der Waals surface area contributed by atoms with E-state index in [1.54, 1.807) is 7.11 Å². The van der Waals surface area contributed by atoms with Crippen LogP contribution in [-0.2, 0) is 4.74 Å². The van der Waals surface area contributed by atoms with Gasteiger partial charge in [-0.25, -0.2) is 0 Å². The zero-order valence-electron chi connectivity index (χ0n) is 8.84. The molecule has 0 fully saturated rings. The molecule has 0 rings (SSSR count). The molecule has 0 aromatic rings. The number of likely N-dealkylation sites (N-methyl/N-ethyl adjacent to an activating group) is 1. The van der Waals surface area contributed by atoms with Crippen molar-refractivity contribution in [2.24, 2.45) is 0 Å². The zero-order valence-corrected chi connectivity index (χ0v) is 8.84. The maximum absolute atomic E-state index is 5.11. The number of nitrogens with one attached hydrogen (secondary N) is 1. The van der Waals surface area contributed by atoms with Crippen LogP contribution >= 0.6 is 0 Å². The van der Waals surface area contributed by atoms with E-state index in [0.717, 1.165) is 19.7 Å². The molecule has 13 heavy (non-hydrogen) atoms. The largest absolute Gasteiger partial charge is 0.383 e. The highest BCUT2D eigenvalue weighted by molar-refractivity contribution is 4.86. The summed E-state index contributed by atoms with van der Waals surface area (Å²) in [6.45, 7) is 5.48. The normalized spacial score (nSPS) is 12.8. The molecule has 0 radical (unpaired) electrons. The fraction of sp³-hybridized carbons (Fsp3) is 0.800. The second-order valence-corrected chi connectivity index (χ2v) is 3.17. The Balaban J connectivity index is 3.39. The summed E-state index contributed by atoms with van der Waals surface area (Å²) in [4.78, 5) is 2.24. The Morgan fingerprint density at radius 2 is 2.31 bits per heavy atom. The van der Waals surface area contributed by atoms with E-state index in [2.05, 4.69) is 30.1 Å². The Hall–Kier alpha value is -0.560. The van der Waals surface area contributed by atoms with E-state index in [9.17, 15) is 0 Å². The first-order valence-corrected chi connectivity index (χ1v) is 4.55. The van der Waals surface area contributed by atoms with Gasteiger partial charge in [0.05, 0.1) is 13.2 Å². The van der Waals surface area contributed by atoms with Crippen LogP contribution in [0.4, 0.5) is 0 Å². The molecule has 0 aliphatic heterocycles. The molecular weight excluding hydrogens is 164 g/mol. The summed E-state index contributed by atoms with van der Waals surface area (Å²) in [6.07, 6.45) is 5.11. The zero-order chi connectivity index (χ0) is 10.1. The van der Waals surface area contributed by atoms with Crippen LogP contribution in [0.25, 0.3) is 0 Å². The first kappa shape index (κ1) is 12.4. The second-order valence-electron chi connectivity index (χ2n) is 3.17. The van der Waals surface area contributed by atoms with Gasteiger partial charge in [-0.3, -0.25) is 0 Å². The van der Waals surface area contributed by atoms with Gasteiger partial charge >= 0.3 is 0 Å². The predicted octanol–water partition coefficient (Wildman–Crippen LogP) is 0.176. The number of nitrogens with zero attached hydrogens (tertiary/aromatic N) is 1. The molecule has 3 nitrogen and oxygen atoms in total. The van der Waals surface area contributed by atoms with Crippen molar-refractivity contribution >= 4 is 0 Å². The summed E-state index contributed by atoms with van der Waals surface area (Å²) < 4.78 is 5.06. The van der Waals surface area contributed by atoms with Crippen LogP contribution in [0.2, 0.25) is 0 Å². The maximum Gasteiger partial charge on any atom is 0.0615 e. The van der Waals surface area contributed by atoms with Gasteiger partial charge < -0.3 is 15.0 Å². The second kappa shape index (κ2) is 8.06. The average molecular weight is 184 g/mol. The average Bonchev–Trinajstić information content (AvgIpc) is 2.12. The Morgan fingerprint density at radius 1 is 1.62 bits per heavy atom. The molecule has 0 aliphatic carbocycles. The van der Waals surface area contributed by atoms with Gasteiger partial charge in [0.1, 0.15) is 0 Å². The Bertz CT molecular complexity index is 153. The first-order chi connectivity index (χ1) is 6.22. The van der Waals surface area contributed by atoms with Crippen molar-refractivity contribution in [1.82, 2.24) is 10.2 Å². The lowest BCUT2D eigenvalue weighted by Crippen LogP contribution is -2.37. The van der Waals surface area contributed by atoms with Crippen molar-refractivity contribution in [3.8, 4) is 12.3 Å². The van der Waals surface area contributed by atoms with E-state index in [1.165, 1.54) is 0 Å². The lowest BCUT2D eigenvalue weighted by atomic mass is 10.3. The fourth-order valence-corrected chi connectivity index (χ4v) is 1.00. The lowest BCUT2D eigenvalue weighted by molar-refractivity contribution is 0.116. The van der Waals surface area contributed by atoms with Crippen LogP contribution in [0.5, 0.6) is 0 Å². The molecule has 1 atom stereocenters. The molecule has 76 valence electrons. The van der Waals surface area contributed by atoms with Gasteiger partial charge in [0.2, 0.25) is 0 Å². The van der Waals surface area contributed by atoms with Crippen molar-refractivity contribution in [2.45, 2.75) is 13.0 Å². The van der Waals surface area contributed by atoms with Gasteiger partial charge in [0, 0.05) is 26.2 Å². The molecule has 3 heteroatoms. The van der Waals surface area contributed by atoms with Crippen LogP contribution in [0.15, 0.2) is 0 Å². The minimum absolute atomic E-state index is 0.456. The number of methoxy groups -OCH3 is 1. The van der Waals surface area contributed by atoms with Gasteiger partial charge in [-0.15, -0.1) is 6.42 Å². The van der Waals surface area contributed by atoms with E-state index < -0.39 is 0 Å². The molecule has 0 amide bonds. The van der Waals surface area contributed by atoms with Crippen LogP contribution in [0.1, 0.15) is 6.92 Å². The highest BCUT2D eigenvalue weighted by atomic mass is 16.5.